The van der Waals surface area contributed by atoms with E-state index < -0.39 is 0 Å². The lowest BCUT2D eigenvalue weighted by atomic mass is 10.1. The third kappa shape index (κ3) is 10.1. The Morgan fingerprint density at radius 3 is 1.40 bits per heavy atom. The van der Waals surface area contributed by atoms with E-state index in [4.69, 9.17) is 0 Å². The van der Waals surface area contributed by atoms with Crippen LogP contribution in [0.2, 0.25) is 0 Å². The highest BCUT2D eigenvalue weighted by atomic mass is 15.3. The second-order valence-corrected chi connectivity index (χ2v) is 4.89. The van der Waals surface area contributed by atoms with Crippen LogP contribution in [0.4, 0.5) is 0 Å². The van der Waals surface area contributed by atoms with E-state index in [1.54, 1.807) is 0 Å². The van der Waals surface area contributed by atoms with Gasteiger partial charge in [-0.15, -0.1) is 0 Å². The van der Waals surface area contributed by atoms with Gasteiger partial charge < -0.3 is 0 Å². The first kappa shape index (κ1) is 28.2. The van der Waals surface area contributed by atoms with Crippen molar-refractivity contribution in [3.8, 4) is 0 Å². The van der Waals surface area contributed by atoms with Gasteiger partial charge in [0.1, 0.15) is 0 Å². The zero-order valence-corrected chi connectivity index (χ0v) is 19.3. The molecule has 0 aliphatic rings. The zero-order valence-electron chi connectivity index (χ0n) is 19.3. The number of nitrogens with zero attached hydrogens (tertiary/aromatic N) is 4. The maximum atomic E-state index is 4.30. The molecule has 0 aliphatic heterocycles. The molecule has 0 N–H and O–H groups in total. The lowest BCUT2D eigenvalue weighted by Gasteiger charge is -1.94. The van der Waals surface area contributed by atoms with E-state index >= 15 is 0 Å². The molecule has 0 unspecified atom stereocenters. The Labute approximate surface area is 157 Å². The van der Waals surface area contributed by atoms with Gasteiger partial charge in [0, 0.05) is 26.0 Å². The van der Waals surface area contributed by atoms with E-state index in [-0.39, 0.29) is 0 Å². The van der Waals surface area contributed by atoms with Crippen LogP contribution in [0.3, 0.4) is 0 Å². The summed E-state index contributed by atoms with van der Waals surface area (Å²) in [7, 11) is 3.94. The average Bonchev–Trinajstić information content (AvgIpc) is 3.10. The number of hydrogen-bond acceptors (Lipinski definition) is 2. The molecule has 2 aromatic rings. The van der Waals surface area contributed by atoms with Gasteiger partial charge in [0.05, 0.1) is 11.4 Å². The van der Waals surface area contributed by atoms with E-state index in [2.05, 4.69) is 44.1 Å². The molecular weight excluding hydrogens is 308 g/mol. The predicted molar refractivity (Wildman–Crippen MR) is 113 cm³/mol. The lowest BCUT2D eigenvalue weighted by Crippen LogP contribution is -1.93. The van der Waals surface area contributed by atoms with Crippen LogP contribution in [-0.2, 0) is 26.9 Å². The Kier molecular flexibility index (Phi) is 19.5. The molecule has 0 saturated heterocycles. The van der Waals surface area contributed by atoms with Crippen molar-refractivity contribution in [3.05, 3.63) is 34.4 Å². The zero-order chi connectivity index (χ0) is 20.6. The van der Waals surface area contributed by atoms with Gasteiger partial charge in [0.25, 0.3) is 0 Å². The van der Waals surface area contributed by atoms with Crippen LogP contribution in [0.25, 0.3) is 0 Å². The van der Waals surface area contributed by atoms with Crippen molar-refractivity contribution >= 4 is 0 Å². The quantitative estimate of drug-likeness (QED) is 0.667. The van der Waals surface area contributed by atoms with Crippen LogP contribution in [-0.4, -0.2) is 19.6 Å². The van der Waals surface area contributed by atoms with Crippen LogP contribution in [0, 0.1) is 20.8 Å². The lowest BCUT2D eigenvalue weighted by molar-refractivity contribution is 0.730. The fourth-order valence-corrected chi connectivity index (χ4v) is 2.32. The van der Waals surface area contributed by atoms with Crippen molar-refractivity contribution in [1.29, 1.82) is 0 Å². The van der Waals surface area contributed by atoms with Crippen molar-refractivity contribution in [3.63, 3.8) is 0 Å². The summed E-state index contributed by atoms with van der Waals surface area (Å²) in [5.74, 6) is 0. The molecule has 0 radical (unpaired) electrons. The fourth-order valence-electron chi connectivity index (χ4n) is 2.32. The molecule has 4 heteroatoms. The highest BCUT2D eigenvalue weighted by molar-refractivity contribution is 5.23. The minimum absolute atomic E-state index is 1.08. The van der Waals surface area contributed by atoms with Crippen molar-refractivity contribution in [2.75, 3.05) is 0 Å². The Hall–Kier alpha value is -1.58. The van der Waals surface area contributed by atoms with Gasteiger partial charge in [-0.25, -0.2) is 0 Å². The number of aryl methyl sites for hydroxylation is 5. The number of hydrogen-bond donors (Lipinski definition) is 0. The number of aromatic nitrogens is 4. The third-order valence-electron chi connectivity index (χ3n) is 3.51. The Morgan fingerprint density at radius 1 is 0.760 bits per heavy atom. The van der Waals surface area contributed by atoms with Gasteiger partial charge >= 0.3 is 0 Å². The largest absolute Gasteiger partial charge is 0.275 e. The molecule has 0 fully saturated rings. The first-order chi connectivity index (χ1) is 11.9. The maximum absolute atomic E-state index is 4.30. The van der Waals surface area contributed by atoms with Gasteiger partial charge in [0.15, 0.2) is 0 Å². The summed E-state index contributed by atoms with van der Waals surface area (Å²) in [6, 6.07) is 0. The van der Waals surface area contributed by atoms with E-state index in [1.165, 1.54) is 22.5 Å². The van der Waals surface area contributed by atoms with Crippen LogP contribution >= 0.6 is 0 Å². The first-order valence-electron chi connectivity index (χ1n) is 9.88. The Morgan fingerprint density at radius 2 is 1.24 bits per heavy atom. The Bertz CT molecular complexity index is 536. The molecule has 2 heterocycles. The summed E-state index contributed by atoms with van der Waals surface area (Å²) in [5.41, 5.74) is 6.35. The second-order valence-electron chi connectivity index (χ2n) is 4.89. The summed E-state index contributed by atoms with van der Waals surface area (Å²) in [5, 5.41) is 8.50. The van der Waals surface area contributed by atoms with Crippen LogP contribution in [0.5, 0.6) is 0 Å². The van der Waals surface area contributed by atoms with E-state index in [1.807, 2.05) is 71.9 Å². The Balaban J connectivity index is -0.000000299. The molecule has 148 valence electrons. The van der Waals surface area contributed by atoms with Gasteiger partial charge in [-0.2, -0.15) is 10.2 Å². The second kappa shape index (κ2) is 17.2. The fraction of sp³-hybridized carbons (Fsp3) is 0.714. The van der Waals surface area contributed by atoms with Crippen molar-refractivity contribution in [1.82, 2.24) is 19.6 Å². The minimum atomic E-state index is 1.08. The molecular formula is C21H44N4. The van der Waals surface area contributed by atoms with Crippen molar-refractivity contribution < 1.29 is 0 Å². The van der Waals surface area contributed by atoms with Gasteiger partial charge in [-0.05, 0) is 44.7 Å². The maximum Gasteiger partial charge on any atom is 0.0628 e. The monoisotopic (exact) mass is 352 g/mol. The number of rotatable bonds is 2. The first-order valence-corrected chi connectivity index (χ1v) is 9.88. The highest BCUT2D eigenvalue weighted by Gasteiger charge is 2.05. The van der Waals surface area contributed by atoms with Crippen LogP contribution < -0.4 is 0 Å². The molecule has 25 heavy (non-hydrogen) atoms. The molecule has 2 rings (SSSR count). The highest BCUT2D eigenvalue weighted by Crippen LogP contribution is 2.11. The summed E-state index contributed by atoms with van der Waals surface area (Å²) >= 11 is 0. The summed E-state index contributed by atoms with van der Waals surface area (Å²) < 4.78 is 3.79. The van der Waals surface area contributed by atoms with Gasteiger partial charge in [0.2, 0.25) is 0 Å². The van der Waals surface area contributed by atoms with E-state index in [0.29, 0.717) is 0 Å². The molecule has 0 amide bonds. The van der Waals surface area contributed by atoms with Crippen LogP contribution in [0.1, 0.15) is 83.6 Å². The molecule has 0 atom stereocenters. The molecule has 0 aliphatic carbocycles. The summed E-state index contributed by atoms with van der Waals surface area (Å²) in [6.07, 6.45) is 4.24. The van der Waals surface area contributed by atoms with Gasteiger partial charge in [-0.3, -0.25) is 9.36 Å². The van der Waals surface area contributed by atoms with Gasteiger partial charge in [-0.1, -0.05) is 55.4 Å². The molecule has 2 aromatic heterocycles. The van der Waals surface area contributed by atoms with E-state index in [9.17, 15) is 0 Å². The standard InChI is InChI=1S/C8H14N2.C7H12N2.3C2H6/c1-5-8-6(2)9-10(4)7(8)3;1-4-7-5-9(3)8-6(7)2;3*1-2/h5H2,1-4H3;5H,4H2,1-3H3;3*1-2H3. The third-order valence-corrected chi connectivity index (χ3v) is 3.51. The molecule has 0 aromatic carbocycles. The molecule has 0 spiro atoms. The minimum Gasteiger partial charge on any atom is -0.275 e. The summed E-state index contributed by atoms with van der Waals surface area (Å²) in [4.78, 5) is 0. The summed E-state index contributed by atoms with van der Waals surface area (Å²) in [6.45, 7) is 22.5. The SMILES string of the molecule is CC.CC.CC.CCc1c(C)nn(C)c1C.CCc1cn(C)nc1C. The van der Waals surface area contributed by atoms with Crippen LogP contribution in [0.15, 0.2) is 6.20 Å². The van der Waals surface area contributed by atoms with Crippen molar-refractivity contribution in [2.24, 2.45) is 14.1 Å². The van der Waals surface area contributed by atoms with E-state index in [0.717, 1.165) is 18.5 Å². The predicted octanol–water partition coefficient (Wildman–Crippen LogP) is 5.97. The topological polar surface area (TPSA) is 35.6 Å². The molecule has 0 saturated carbocycles. The smallest absolute Gasteiger partial charge is 0.0628 e. The van der Waals surface area contributed by atoms with Crippen molar-refractivity contribution in [2.45, 2.75) is 89.0 Å². The normalized spacial score (nSPS) is 8.52. The average molecular weight is 353 g/mol. The molecule has 0 bridgehead atoms. The molecule has 4 nitrogen and oxygen atoms in total.